The van der Waals surface area contributed by atoms with E-state index in [9.17, 15) is 0 Å². The average molecular weight is 186 g/mol. The summed E-state index contributed by atoms with van der Waals surface area (Å²) in [4.78, 5) is 16.7. The predicted molar refractivity (Wildman–Crippen MR) is 32.9 cm³/mol. The molecule has 0 saturated carbocycles. The lowest BCUT2D eigenvalue weighted by Crippen LogP contribution is -2.40. The van der Waals surface area contributed by atoms with Gasteiger partial charge < -0.3 is 30.0 Å². The Balaban J connectivity index is 3.79. The summed E-state index contributed by atoms with van der Waals surface area (Å²) in [5.41, 5.74) is 0. The van der Waals surface area contributed by atoms with Crippen molar-refractivity contribution in [3.05, 3.63) is 0 Å². The highest BCUT2D eigenvalue weighted by Gasteiger charge is 2.31. The molecule has 0 aliphatic rings. The summed E-state index contributed by atoms with van der Waals surface area (Å²) < 4.78 is 3.69. The Bertz CT molecular complexity index is 100. The maximum absolute atomic E-state index is 8.58. The molecule has 0 unspecified atom stereocenters. The van der Waals surface area contributed by atoms with Crippen molar-refractivity contribution in [2.75, 3.05) is 0 Å². The largest absolute Gasteiger partial charge is 0.413 e. The number of rotatable bonds is 4. The van der Waals surface area contributed by atoms with Crippen LogP contribution in [0.15, 0.2) is 0 Å². The van der Waals surface area contributed by atoms with Crippen LogP contribution in [-0.2, 0) is 4.74 Å². The maximum atomic E-state index is 8.58. The first kappa shape index (κ1) is 10.9. The Morgan fingerprint density at radius 1 is 1.27 bits per heavy atom. The molecule has 68 valence electrons. The molecule has 0 rings (SSSR count). The second kappa shape index (κ2) is 4.09. The van der Waals surface area contributed by atoms with E-state index in [2.05, 4.69) is 4.74 Å². The molecule has 0 heterocycles. The van der Waals surface area contributed by atoms with Gasteiger partial charge in [0.15, 0.2) is 0 Å². The fourth-order valence-corrected chi connectivity index (χ4v) is 1.03. The predicted octanol–water partition coefficient (Wildman–Crippen LogP) is -3.89. The molecule has 0 amide bonds. The lowest BCUT2D eigenvalue weighted by molar-refractivity contribution is -0.412. The normalized spacial score (nSPS) is 13.1. The second-order valence-corrected chi connectivity index (χ2v) is 3.24. The van der Waals surface area contributed by atoms with Crippen molar-refractivity contribution in [2.45, 2.75) is 18.5 Å². The average Bonchev–Trinajstić information content (AvgIpc) is 1.53. The van der Waals surface area contributed by atoms with E-state index in [1.54, 1.807) is 0 Å². The van der Waals surface area contributed by atoms with Crippen LogP contribution < -0.4 is 0 Å². The van der Waals surface area contributed by atoms with E-state index in [0.29, 0.717) is 0 Å². The molecule has 0 aromatic carbocycles. The number of ether oxygens (including phenoxy) is 1. The van der Waals surface area contributed by atoms with Gasteiger partial charge in [0.1, 0.15) is 0 Å². The van der Waals surface area contributed by atoms with Gasteiger partial charge in [0.05, 0.1) is 6.04 Å². The van der Waals surface area contributed by atoms with Crippen molar-refractivity contribution in [1.82, 2.24) is 0 Å². The van der Waals surface area contributed by atoms with Crippen molar-refractivity contribution in [3.8, 4) is 0 Å². The summed E-state index contributed by atoms with van der Waals surface area (Å²) in [7, 11) is -3.20. The van der Waals surface area contributed by atoms with Crippen LogP contribution in [0.4, 0.5) is 0 Å². The van der Waals surface area contributed by atoms with Gasteiger partial charge >= 0.3 is 9.28 Å². The number of aliphatic hydroxyl groups is 4. The van der Waals surface area contributed by atoms with Gasteiger partial charge in [-0.3, -0.25) is 4.74 Å². The molecular weight excluding hydrogens is 176 g/mol. The zero-order chi connectivity index (χ0) is 9.07. The highest BCUT2D eigenvalue weighted by molar-refractivity contribution is 6.41. The molecule has 0 aliphatic carbocycles. The SMILES string of the molecule is OC(O)OC(O)(O)C[SiH](O)O. The van der Waals surface area contributed by atoms with Gasteiger partial charge in [-0.1, -0.05) is 0 Å². The van der Waals surface area contributed by atoms with Crippen LogP contribution in [0.25, 0.3) is 0 Å². The third-order valence-corrected chi connectivity index (χ3v) is 1.64. The minimum atomic E-state index is -3.20. The monoisotopic (exact) mass is 186 g/mol. The van der Waals surface area contributed by atoms with Crippen LogP contribution in [0.2, 0.25) is 6.04 Å². The Morgan fingerprint density at radius 2 is 1.73 bits per heavy atom. The van der Waals surface area contributed by atoms with E-state index in [1.165, 1.54) is 0 Å². The smallest absolute Gasteiger partial charge is 0.324 e. The van der Waals surface area contributed by atoms with Crippen molar-refractivity contribution >= 4 is 9.28 Å². The highest BCUT2D eigenvalue weighted by Crippen LogP contribution is 2.10. The van der Waals surface area contributed by atoms with Crippen LogP contribution in [0.1, 0.15) is 0 Å². The van der Waals surface area contributed by atoms with Crippen LogP contribution >= 0.6 is 0 Å². The van der Waals surface area contributed by atoms with E-state index in [4.69, 9.17) is 30.0 Å². The first-order chi connectivity index (χ1) is 4.83. The molecule has 0 radical (unpaired) electrons. The summed E-state index contributed by atoms with van der Waals surface area (Å²) in [5, 5.41) is 33.3. The summed E-state index contributed by atoms with van der Waals surface area (Å²) >= 11 is 0. The van der Waals surface area contributed by atoms with Crippen LogP contribution in [-0.4, -0.2) is 51.8 Å². The fourth-order valence-electron chi connectivity index (χ4n) is 0.455. The van der Waals surface area contributed by atoms with E-state index in [0.717, 1.165) is 0 Å². The molecule has 0 fully saturated rings. The molecule has 0 aliphatic heterocycles. The first-order valence-corrected chi connectivity index (χ1v) is 4.53. The zero-order valence-corrected chi connectivity index (χ0v) is 6.61. The first-order valence-electron chi connectivity index (χ1n) is 2.68. The van der Waals surface area contributed by atoms with Gasteiger partial charge in [0.2, 0.25) is 0 Å². The van der Waals surface area contributed by atoms with Gasteiger partial charge in [-0.2, -0.15) is 0 Å². The Kier molecular flexibility index (Phi) is 4.06. The molecule has 6 N–H and O–H groups in total. The fraction of sp³-hybridized carbons (Fsp3) is 1.00. The lowest BCUT2D eigenvalue weighted by Gasteiger charge is -2.22. The topological polar surface area (TPSA) is 131 Å². The van der Waals surface area contributed by atoms with E-state index in [-0.39, 0.29) is 0 Å². The Hall–Kier alpha value is -0.0631. The lowest BCUT2D eigenvalue weighted by atomic mass is 10.6. The summed E-state index contributed by atoms with van der Waals surface area (Å²) in [6, 6.07) is -0.829. The number of hydrogen-bond acceptors (Lipinski definition) is 7. The summed E-state index contributed by atoms with van der Waals surface area (Å²) in [5.74, 6) is -2.89. The van der Waals surface area contributed by atoms with Gasteiger partial charge in [0.25, 0.3) is 12.4 Å². The quantitative estimate of drug-likeness (QED) is 0.195. The number of aliphatic hydroxyl groups excluding tert-OH is 1. The molecule has 8 heteroatoms. The van der Waals surface area contributed by atoms with Crippen LogP contribution in [0, 0.1) is 0 Å². The molecule has 7 nitrogen and oxygen atoms in total. The minimum absolute atomic E-state index is 0.829. The van der Waals surface area contributed by atoms with E-state index in [1.807, 2.05) is 0 Å². The number of hydrogen-bond donors (Lipinski definition) is 6. The molecular formula is C3H10O7Si. The summed E-state index contributed by atoms with van der Waals surface area (Å²) in [6.07, 6.45) is 0. The maximum Gasteiger partial charge on any atom is 0.324 e. The molecule has 0 aromatic rings. The molecule has 11 heavy (non-hydrogen) atoms. The van der Waals surface area contributed by atoms with Crippen molar-refractivity contribution in [1.29, 1.82) is 0 Å². The Labute approximate surface area is 63.6 Å². The second-order valence-electron chi connectivity index (χ2n) is 1.87. The molecule has 0 spiro atoms. The van der Waals surface area contributed by atoms with Gasteiger partial charge in [-0.15, -0.1) is 0 Å². The van der Waals surface area contributed by atoms with Crippen LogP contribution in [0.5, 0.6) is 0 Å². The van der Waals surface area contributed by atoms with Crippen molar-refractivity contribution in [2.24, 2.45) is 0 Å². The standard InChI is InChI=1S/C3H10O7Si/c4-2(5)10-3(6,7)1-11(8)9/h2,4-9,11H,1H2. The van der Waals surface area contributed by atoms with Crippen molar-refractivity contribution in [3.63, 3.8) is 0 Å². The molecule has 0 bridgehead atoms. The van der Waals surface area contributed by atoms with E-state index >= 15 is 0 Å². The molecule has 0 atom stereocenters. The zero-order valence-electron chi connectivity index (χ0n) is 5.45. The highest BCUT2D eigenvalue weighted by atomic mass is 28.3. The van der Waals surface area contributed by atoms with Gasteiger partial charge in [-0.25, -0.2) is 0 Å². The minimum Gasteiger partial charge on any atom is -0.413 e. The summed E-state index contributed by atoms with van der Waals surface area (Å²) in [6.45, 7) is -2.36. The van der Waals surface area contributed by atoms with Crippen LogP contribution in [0.3, 0.4) is 0 Å². The molecule has 0 saturated heterocycles. The van der Waals surface area contributed by atoms with Crippen molar-refractivity contribution < 1.29 is 34.8 Å². The van der Waals surface area contributed by atoms with Gasteiger partial charge in [0, 0.05) is 0 Å². The van der Waals surface area contributed by atoms with Gasteiger partial charge in [-0.05, 0) is 0 Å². The Morgan fingerprint density at radius 3 is 2.00 bits per heavy atom. The third kappa shape index (κ3) is 6.34. The third-order valence-electron chi connectivity index (χ3n) is 0.743. The van der Waals surface area contributed by atoms with E-state index < -0.39 is 27.8 Å². The molecule has 0 aromatic heterocycles.